The van der Waals surface area contributed by atoms with Crippen LogP contribution in [-0.2, 0) is 16.8 Å². The lowest BCUT2D eigenvalue weighted by Crippen LogP contribution is -2.34. The molecule has 0 spiro atoms. The van der Waals surface area contributed by atoms with Crippen molar-refractivity contribution in [3.63, 3.8) is 0 Å². The molecule has 0 unspecified atom stereocenters. The number of aromatic nitrogens is 1. The molecule has 0 bridgehead atoms. The number of hydrogen-bond acceptors (Lipinski definition) is 3. The van der Waals surface area contributed by atoms with Crippen LogP contribution in [0.3, 0.4) is 0 Å². The van der Waals surface area contributed by atoms with Crippen molar-refractivity contribution >= 4 is 11.6 Å². The minimum Gasteiger partial charge on any atom is -0.399 e. The van der Waals surface area contributed by atoms with Crippen molar-refractivity contribution in [1.29, 1.82) is 0 Å². The number of amides is 1. The molecule has 3 N–H and O–H groups in total. The molecule has 1 aliphatic rings. The zero-order valence-corrected chi connectivity index (χ0v) is 11.2. The molecule has 1 aromatic heterocycles. The van der Waals surface area contributed by atoms with Crippen molar-refractivity contribution in [3.8, 4) is 0 Å². The maximum atomic E-state index is 12.4. The van der Waals surface area contributed by atoms with E-state index in [0.29, 0.717) is 6.54 Å². The highest BCUT2D eigenvalue weighted by atomic mass is 16.2. The van der Waals surface area contributed by atoms with Crippen molar-refractivity contribution in [2.24, 2.45) is 0 Å². The van der Waals surface area contributed by atoms with E-state index in [9.17, 15) is 4.79 Å². The van der Waals surface area contributed by atoms with Crippen LogP contribution in [0.1, 0.15) is 24.0 Å². The Morgan fingerprint density at radius 1 is 1.25 bits per heavy atom. The summed E-state index contributed by atoms with van der Waals surface area (Å²) in [7, 11) is 0. The molecule has 102 valence electrons. The number of pyridine rings is 1. The maximum absolute atomic E-state index is 12.4. The van der Waals surface area contributed by atoms with Crippen LogP contribution in [0, 0.1) is 0 Å². The molecule has 0 saturated heterocycles. The lowest BCUT2D eigenvalue weighted by molar-refractivity contribution is -0.123. The molecule has 1 amide bonds. The summed E-state index contributed by atoms with van der Waals surface area (Å²) in [4.78, 5) is 16.5. The van der Waals surface area contributed by atoms with Gasteiger partial charge in [0.1, 0.15) is 0 Å². The Kier molecular flexibility index (Phi) is 3.14. The molecular formula is C16H17N3O. The highest BCUT2D eigenvalue weighted by molar-refractivity contribution is 5.91. The summed E-state index contributed by atoms with van der Waals surface area (Å²) in [5.41, 5.74) is 8.12. The van der Waals surface area contributed by atoms with Crippen molar-refractivity contribution in [3.05, 3.63) is 59.9 Å². The monoisotopic (exact) mass is 267 g/mol. The molecule has 2 aromatic rings. The van der Waals surface area contributed by atoms with Crippen LogP contribution < -0.4 is 11.1 Å². The normalized spacial score (nSPS) is 15.6. The topological polar surface area (TPSA) is 68.0 Å². The first-order valence-electron chi connectivity index (χ1n) is 6.74. The second-order valence-corrected chi connectivity index (χ2v) is 5.25. The summed E-state index contributed by atoms with van der Waals surface area (Å²) in [6.07, 6.45) is 5.29. The van der Waals surface area contributed by atoms with E-state index >= 15 is 0 Å². The second kappa shape index (κ2) is 4.96. The van der Waals surface area contributed by atoms with E-state index in [-0.39, 0.29) is 11.3 Å². The molecule has 0 aliphatic heterocycles. The number of nitrogen functional groups attached to an aromatic ring is 1. The third-order valence-corrected chi connectivity index (χ3v) is 3.82. The van der Waals surface area contributed by atoms with Crippen LogP contribution in [0.2, 0.25) is 0 Å². The summed E-state index contributed by atoms with van der Waals surface area (Å²) in [6.45, 7) is 0.517. The fourth-order valence-corrected chi connectivity index (χ4v) is 2.43. The van der Waals surface area contributed by atoms with Crippen LogP contribution >= 0.6 is 0 Å². The van der Waals surface area contributed by atoms with Gasteiger partial charge in [-0.3, -0.25) is 9.78 Å². The van der Waals surface area contributed by atoms with Crippen LogP contribution in [0.5, 0.6) is 0 Å². The van der Waals surface area contributed by atoms with Crippen molar-refractivity contribution in [2.45, 2.75) is 24.8 Å². The molecule has 1 saturated carbocycles. The smallest absolute Gasteiger partial charge is 0.230 e. The van der Waals surface area contributed by atoms with Gasteiger partial charge in [-0.15, -0.1) is 0 Å². The lowest BCUT2D eigenvalue weighted by Gasteiger charge is -2.16. The molecule has 1 aliphatic carbocycles. The Labute approximate surface area is 118 Å². The molecule has 1 heterocycles. The molecular weight excluding hydrogens is 250 g/mol. The van der Waals surface area contributed by atoms with Gasteiger partial charge in [0.05, 0.1) is 5.41 Å². The van der Waals surface area contributed by atoms with Crippen LogP contribution in [0.25, 0.3) is 0 Å². The van der Waals surface area contributed by atoms with Crippen molar-refractivity contribution in [2.75, 3.05) is 5.73 Å². The van der Waals surface area contributed by atoms with Crippen LogP contribution in [0.4, 0.5) is 5.69 Å². The van der Waals surface area contributed by atoms with E-state index in [1.165, 1.54) is 0 Å². The van der Waals surface area contributed by atoms with Gasteiger partial charge in [0.25, 0.3) is 0 Å². The molecule has 1 fully saturated rings. The first-order chi connectivity index (χ1) is 9.71. The quantitative estimate of drug-likeness (QED) is 0.833. The van der Waals surface area contributed by atoms with E-state index in [1.807, 2.05) is 36.4 Å². The van der Waals surface area contributed by atoms with Gasteiger partial charge in [-0.25, -0.2) is 0 Å². The Morgan fingerprint density at radius 3 is 2.60 bits per heavy atom. The van der Waals surface area contributed by atoms with Gasteiger partial charge in [0.2, 0.25) is 5.91 Å². The largest absolute Gasteiger partial charge is 0.399 e. The number of nitrogens with zero attached hydrogens (tertiary/aromatic N) is 1. The van der Waals surface area contributed by atoms with Gasteiger partial charge in [-0.2, -0.15) is 0 Å². The first kappa shape index (κ1) is 12.7. The fraction of sp³-hybridized carbons (Fsp3) is 0.250. The summed E-state index contributed by atoms with van der Waals surface area (Å²) in [5.74, 6) is 0.0890. The predicted molar refractivity (Wildman–Crippen MR) is 77.9 cm³/mol. The molecule has 3 rings (SSSR count). The summed E-state index contributed by atoms with van der Waals surface area (Å²) < 4.78 is 0. The summed E-state index contributed by atoms with van der Waals surface area (Å²) >= 11 is 0. The fourth-order valence-electron chi connectivity index (χ4n) is 2.43. The minimum absolute atomic E-state index is 0.0890. The van der Waals surface area contributed by atoms with Gasteiger partial charge < -0.3 is 11.1 Å². The van der Waals surface area contributed by atoms with Gasteiger partial charge in [-0.1, -0.05) is 18.2 Å². The molecule has 0 atom stereocenters. The predicted octanol–water partition coefficient (Wildman–Crippen LogP) is 2.01. The number of nitrogens with two attached hydrogens (primary N) is 1. The third kappa shape index (κ3) is 2.37. The minimum atomic E-state index is -0.351. The van der Waals surface area contributed by atoms with Crippen LogP contribution in [-0.4, -0.2) is 10.9 Å². The van der Waals surface area contributed by atoms with Crippen molar-refractivity contribution in [1.82, 2.24) is 10.3 Å². The average Bonchev–Trinajstić information content (AvgIpc) is 3.28. The third-order valence-electron chi connectivity index (χ3n) is 3.82. The summed E-state index contributed by atoms with van der Waals surface area (Å²) in [5, 5.41) is 3.00. The maximum Gasteiger partial charge on any atom is 0.230 e. The van der Waals surface area contributed by atoms with E-state index in [2.05, 4.69) is 10.3 Å². The molecule has 4 heteroatoms. The zero-order valence-electron chi connectivity index (χ0n) is 11.2. The lowest BCUT2D eigenvalue weighted by atomic mass is 9.94. The summed E-state index contributed by atoms with van der Waals surface area (Å²) in [6, 6.07) is 11.4. The number of benzene rings is 1. The standard InChI is InChI=1S/C16H17N3O/c17-14-5-3-13(4-6-14)16(7-8-16)15(20)19-11-12-2-1-9-18-10-12/h1-6,9-10H,7-8,11,17H2,(H,19,20). The number of carbonyl (C=O) groups is 1. The molecule has 0 radical (unpaired) electrons. The van der Waals surface area contributed by atoms with E-state index < -0.39 is 0 Å². The number of nitrogens with one attached hydrogen (secondary N) is 1. The number of hydrogen-bond donors (Lipinski definition) is 2. The highest BCUT2D eigenvalue weighted by Gasteiger charge is 2.50. The Hall–Kier alpha value is -2.36. The van der Waals surface area contributed by atoms with E-state index in [1.54, 1.807) is 12.4 Å². The Morgan fingerprint density at radius 2 is 2.00 bits per heavy atom. The number of carbonyl (C=O) groups excluding carboxylic acids is 1. The zero-order chi connectivity index (χ0) is 14.0. The molecule has 1 aromatic carbocycles. The van der Waals surface area contributed by atoms with E-state index in [0.717, 1.165) is 29.7 Å². The first-order valence-corrected chi connectivity index (χ1v) is 6.74. The van der Waals surface area contributed by atoms with Gasteiger partial charge in [0, 0.05) is 24.6 Å². The van der Waals surface area contributed by atoms with E-state index in [4.69, 9.17) is 5.73 Å². The highest BCUT2D eigenvalue weighted by Crippen LogP contribution is 2.48. The van der Waals surface area contributed by atoms with Gasteiger partial charge in [0.15, 0.2) is 0 Å². The molecule has 20 heavy (non-hydrogen) atoms. The number of anilines is 1. The van der Waals surface area contributed by atoms with Gasteiger partial charge >= 0.3 is 0 Å². The number of rotatable bonds is 4. The Balaban J connectivity index is 1.69. The second-order valence-electron chi connectivity index (χ2n) is 5.25. The SMILES string of the molecule is Nc1ccc(C2(C(=O)NCc3cccnc3)CC2)cc1. The van der Waals surface area contributed by atoms with Crippen molar-refractivity contribution < 1.29 is 4.79 Å². The average molecular weight is 267 g/mol. The Bertz CT molecular complexity index is 603. The molecule has 4 nitrogen and oxygen atoms in total. The van der Waals surface area contributed by atoms with Gasteiger partial charge in [-0.05, 0) is 42.2 Å². The van der Waals surface area contributed by atoms with Crippen LogP contribution in [0.15, 0.2) is 48.8 Å².